The molecule has 9 atom stereocenters. The molecular formula is C13H28N4O4. The Bertz CT molecular complexity index is 346. The van der Waals surface area contributed by atoms with E-state index in [4.69, 9.17) is 32.4 Å². The van der Waals surface area contributed by atoms with Gasteiger partial charge in [0.1, 0.15) is 12.2 Å². The first-order valence-corrected chi connectivity index (χ1v) is 7.50. The Morgan fingerprint density at radius 2 is 1.71 bits per heavy atom. The van der Waals surface area contributed by atoms with Gasteiger partial charge >= 0.3 is 0 Å². The minimum atomic E-state index is -1.16. The van der Waals surface area contributed by atoms with Crippen molar-refractivity contribution in [1.29, 1.82) is 0 Å². The first kappa shape index (κ1) is 17.0. The highest BCUT2D eigenvalue weighted by Crippen LogP contribution is 2.27. The van der Waals surface area contributed by atoms with Gasteiger partial charge in [-0.3, -0.25) is 0 Å². The summed E-state index contributed by atoms with van der Waals surface area (Å²) in [6, 6.07) is -1.49. The normalized spacial score (nSPS) is 49.9. The number of aliphatic hydroxyl groups is 2. The molecule has 0 amide bonds. The fourth-order valence-electron chi connectivity index (χ4n) is 2.98. The molecule has 1 aliphatic heterocycles. The lowest BCUT2D eigenvalue weighted by Crippen LogP contribution is -2.64. The molecule has 1 saturated carbocycles. The molecule has 2 rings (SSSR count). The van der Waals surface area contributed by atoms with Gasteiger partial charge in [0.2, 0.25) is 0 Å². The predicted molar refractivity (Wildman–Crippen MR) is 77.0 cm³/mol. The number of rotatable bonds is 3. The molecule has 1 aliphatic carbocycles. The topological polar surface area (TPSA) is 163 Å². The van der Waals surface area contributed by atoms with E-state index in [1.807, 2.05) is 6.92 Å². The molecule has 0 radical (unpaired) electrons. The molecule has 124 valence electrons. The number of hydrogen-bond acceptors (Lipinski definition) is 8. The third-order valence-electron chi connectivity index (χ3n) is 4.41. The Morgan fingerprint density at radius 1 is 1.05 bits per heavy atom. The molecule has 2 fully saturated rings. The Kier molecular flexibility index (Phi) is 5.55. The molecular weight excluding hydrogens is 276 g/mol. The van der Waals surface area contributed by atoms with Crippen LogP contribution in [0.1, 0.15) is 26.2 Å². The molecule has 0 spiro atoms. The molecule has 21 heavy (non-hydrogen) atoms. The highest BCUT2D eigenvalue weighted by atomic mass is 16.7. The van der Waals surface area contributed by atoms with Crippen LogP contribution < -0.4 is 22.9 Å². The zero-order valence-corrected chi connectivity index (χ0v) is 12.3. The van der Waals surface area contributed by atoms with E-state index in [-0.39, 0.29) is 18.2 Å². The van der Waals surface area contributed by atoms with Gasteiger partial charge in [0.15, 0.2) is 6.29 Å². The summed E-state index contributed by atoms with van der Waals surface area (Å²) in [5, 5.41) is 20.0. The summed E-state index contributed by atoms with van der Waals surface area (Å²) in [6.45, 7) is 1.86. The van der Waals surface area contributed by atoms with E-state index in [9.17, 15) is 10.2 Å². The second kappa shape index (κ2) is 6.84. The van der Waals surface area contributed by atoms with Crippen LogP contribution in [0.15, 0.2) is 0 Å². The van der Waals surface area contributed by atoms with E-state index in [1.54, 1.807) is 0 Å². The number of hydrogen-bond donors (Lipinski definition) is 6. The number of ether oxygens (including phenoxy) is 2. The van der Waals surface area contributed by atoms with Gasteiger partial charge in [-0.15, -0.1) is 0 Å². The summed E-state index contributed by atoms with van der Waals surface area (Å²) in [7, 11) is 0. The molecule has 1 saturated heterocycles. The largest absolute Gasteiger partial charge is 0.389 e. The maximum absolute atomic E-state index is 10.1. The van der Waals surface area contributed by atoms with Gasteiger partial charge in [-0.25, -0.2) is 0 Å². The molecule has 8 heteroatoms. The molecule has 0 aromatic carbocycles. The maximum Gasteiger partial charge on any atom is 0.173 e. The van der Waals surface area contributed by atoms with Crippen LogP contribution in [-0.2, 0) is 9.47 Å². The number of aliphatic hydroxyl groups excluding tert-OH is 2. The van der Waals surface area contributed by atoms with Gasteiger partial charge < -0.3 is 42.6 Å². The quantitative estimate of drug-likeness (QED) is 0.329. The van der Waals surface area contributed by atoms with Gasteiger partial charge in [-0.05, 0) is 26.2 Å². The molecule has 2 aliphatic rings. The standard InChI is InChI=1S/C13H28N4O4/c1-5(14)9-3-2-6(15)13(20-9)21-12-8(17)4-7(16)10(18)11(12)19/h5-13,18-19H,2-4,14-17H2,1H3/t5-,6+,7-,8+,9?,10+,11-,12-,13-/m1/s1. The molecule has 1 heterocycles. The third kappa shape index (κ3) is 3.72. The molecule has 10 N–H and O–H groups in total. The van der Waals surface area contributed by atoms with Crippen LogP contribution in [0, 0.1) is 0 Å². The van der Waals surface area contributed by atoms with E-state index < -0.39 is 36.7 Å². The summed E-state index contributed by atoms with van der Waals surface area (Å²) in [6.07, 6.45) is -1.97. The van der Waals surface area contributed by atoms with Crippen LogP contribution in [0.2, 0.25) is 0 Å². The SMILES string of the molecule is C[C@@H](N)C1CC[C@H](N)[C@@H](O[C@H]2[C@H](O)[C@@H](O)[C@H](N)C[C@@H]2N)O1. The third-order valence-corrected chi connectivity index (χ3v) is 4.41. The van der Waals surface area contributed by atoms with Crippen molar-refractivity contribution in [2.75, 3.05) is 0 Å². The first-order valence-electron chi connectivity index (χ1n) is 7.50. The lowest BCUT2D eigenvalue weighted by Gasteiger charge is -2.44. The van der Waals surface area contributed by atoms with E-state index in [1.165, 1.54) is 0 Å². The Balaban J connectivity index is 2.01. The molecule has 1 unspecified atom stereocenters. The average molecular weight is 304 g/mol. The van der Waals surface area contributed by atoms with E-state index in [0.29, 0.717) is 6.42 Å². The molecule has 8 nitrogen and oxygen atoms in total. The summed E-state index contributed by atoms with van der Waals surface area (Å²) < 4.78 is 11.5. The lowest BCUT2D eigenvalue weighted by atomic mass is 9.84. The van der Waals surface area contributed by atoms with E-state index in [0.717, 1.165) is 12.8 Å². The zero-order chi connectivity index (χ0) is 15.7. The van der Waals surface area contributed by atoms with Gasteiger partial charge in [0.25, 0.3) is 0 Å². The minimum Gasteiger partial charge on any atom is -0.389 e. The Morgan fingerprint density at radius 3 is 2.33 bits per heavy atom. The van der Waals surface area contributed by atoms with Crippen molar-refractivity contribution in [2.45, 2.75) is 81.1 Å². The lowest BCUT2D eigenvalue weighted by molar-refractivity contribution is -0.255. The monoisotopic (exact) mass is 304 g/mol. The van der Waals surface area contributed by atoms with Crippen LogP contribution in [0.3, 0.4) is 0 Å². The molecule has 0 bridgehead atoms. The van der Waals surface area contributed by atoms with E-state index in [2.05, 4.69) is 0 Å². The number of nitrogens with two attached hydrogens (primary N) is 4. The van der Waals surface area contributed by atoms with Crippen molar-refractivity contribution in [3.8, 4) is 0 Å². The average Bonchev–Trinajstić information content (AvgIpc) is 2.42. The summed E-state index contributed by atoms with van der Waals surface area (Å²) in [4.78, 5) is 0. The first-order chi connectivity index (χ1) is 9.81. The summed E-state index contributed by atoms with van der Waals surface area (Å²) in [5.41, 5.74) is 23.6. The summed E-state index contributed by atoms with van der Waals surface area (Å²) in [5.74, 6) is 0. The van der Waals surface area contributed by atoms with Crippen LogP contribution in [0.5, 0.6) is 0 Å². The second-order valence-corrected chi connectivity index (χ2v) is 6.29. The zero-order valence-electron chi connectivity index (χ0n) is 12.3. The van der Waals surface area contributed by atoms with Crippen molar-refractivity contribution in [2.24, 2.45) is 22.9 Å². The second-order valence-electron chi connectivity index (χ2n) is 6.29. The van der Waals surface area contributed by atoms with Crippen LogP contribution >= 0.6 is 0 Å². The van der Waals surface area contributed by atoms with Crippen molar-refractivity contribution in [3.63, 3.8) is 0 Å². The fourth-order valence-corrected chi connectivity index (χ4v) is 2.98. The van der Waals surface area contributed by atoms with Gasteiger partial charge in [-0.2, -0.15) is 0 Å². The smallest absolute Gasteiger partial charge is 0.173 e. The highest BCUT2D eigenvalue weighted by molar-refractivity contribution is 4.98. The van der Waals surface area contributed by atoms with Crippen LogP contribution in [0.25, 0.3) is 0 Å². The van der Waals surface area contributed by atoms with Crippen molar-refractivity contribution in [1.82, 2.24) is 0 Å². The molecule has 0 aromatic rings. The van der Waals surface area contributed by atoms with Crippen LogP contribution in [0.4, 0.5) is 0 Å². The van der Waals surface area contributed by atoms with Crippen LogP contribution in [-0.4, -0.2) is 65.1 Å². The summed E-state index contributed by atoms with van der Waals surface area (Å²) >= 11 is 0. The minimum absolute atomic E-state index is 0.132. The van der Waals surface area contributed by atoms with E-state index >= 15 is 0 Å². The Hall–Kier alpha value is -0.320. The van der Waals surface area contributed by atoms with Gasteiger partial charge in [0, 0.05) is 18.1 Å². The van der Waals surface area contributed by atoms with Crippen molar-refractivity contribution >= 4 is 0 Å². The predicted octanol–water partition coefficient (Wildman–Crippen LogP) is -2.67. The van der Waals surface area contributed by atoms with Gasteiger partial charge in [0.05, 0.1) is 18.2 Å². The fraction of sp³-hybridized carbons (Fsp3) is 1.00. The van der Waals surface area contributed by atoms with Gasteiger partial charge in [-0.1, -0.05) is 0 Å². The van der Waals surface area contributed by atoms with Crippen molar-refractivity contribution in [3.05, 3.63) is 0 Å². The highest BCUT2D eigenvalue weighted by Gasteiger charge is 2.44. The molecule has 0 aromatic heterocycles. The Labute approximate surface area is 124 Å². The van der Waals surface area contributed by atoms with Crippen molar-refractivity contribution < 1.29 is 19.7 Å². The maximum atomic E-state index is 10.1.